The van der Waals surface area contributed by atoms with Crippen molar-refractivity contribution in [3.63, 3.8) is 0 Å². The van der Waals surface area contributed by atoms with Gasteiger partial charge in [-0.2, -0.15) is 4.98 Å². The van der Waals surface area contributed by atoms with Crippen molar-refractivity contribution in [2.75, 3.05) is 40.0 Å². The minimum absolute atomic E-state index is 0.00343. The highest BCUT2D eigenvalue weighted by atomic mass is 16.5. The Morgan fingerprint density at radius 1 is 1.38 bits per heavy atom. The number of hydrogen-bond donors (Lipinski definition) is 0. The molecule has 2 saturated heterocycles. The standard InChI is InChI=1S/C19H31N3O4/c1-14(2)17(23)22-9-4-7-19(13-22,8-12-24-3)18-20-16(26-21-18)15-5-10-25-11-6-15/h14-15H,4-13H2,1-3H3. The fourth-order valence-electron chi connectivity index (χ4n) is 4.04. The molecule has 7 heteroatoms. The molecule has 1 aromatic heterocycles. The van der Waals surface area contributed by atoms with Gasteiger partial charge in [-0.25, -0.2) is 0 Å². The van der Waals surface area contributed by atoms with Crippen LogP contribution in [-0.4, -0.2) is 61.0 Å². The van der Waals surface area contributed by atoms with E-state index in [-0.39, 0.29) is 23.2 Å². The highest BCUT2D eigenvalue weighted by Gasteiger charge is 2.43. The molecule has 146 valence electrons. The Balaban J connectivity index is 1.82. The number of amides is 1. The quantitative estimate of drug-likeness (QED) is 0.771. The second kappa shape index (κ2) is 8.48. The van der Waals surface area contributed by atoms with Crippen LogP contribution in [0, 0.1) is 5.92 Å². The molecule has 2 aliphatic heterocycles. The zero-order chi connectivity index (χ0) is 18.6. The number of likely N-dealkylation sites (tertiary alicyclic amines) is 1. The van der Waals surface area contributed by atoms with E-state index in [0.29, 0.717) is 19.0 Å². The molecule has 0 saturated carbocycles. The maximum Gasteiger partial charge on any atom is 0.229 e. The summed E-state index contributed by atoms with van der Waals surface area (Å²) >= 11 is 0. The summed E-state index contributed by atoms with van der Waals surface area (Å²) in [7, 11) is 1.71. The van der Waals surface area contributed by atoms with Gasteiger partial charge in [0.2, 0.25) is 11.8 Å². The number of nitrogens with zero attached hydrogens (tertiary/aromatic N) is 3. The van der Waals surface area contributed by atoms with E-state index in [1.54, 1.807) is 7.11 Å². The first-order valence-electron chi connectivity index (χ1n) is 9.75. The predicted octanol–water partition coefficient (Wildman–Crippen LogP) is 2.52. The van der Waals surface area contributed by atoms with Crippen LogP contribution in [0.3, 0.4) is 0 Å². The summed E-state index contributed by atoms with van der Waals surface area (Å²) < 4.78 is 16.4. The number of hydrogen-bond acceptors (Lipinski definition) is 6. The van der Waals surface area contributed by atoms with Crippen molar-refractivity contribution < 1.29 is 18.8 Å². The van der Waals surface area contributed by atoms with Gasteiger partial charge >= 0.3 is 0 Å². The van der Waals surface area contributed by atoms with Crippen molar-refractivity contribution in [3.8, 4) is 0 Å². The number of carbonyl (C=O) groups excluding carboxylic acids is 1. The van der Waals surface area contributed by atoms with Crippen LogP contribution in [0.5, 0.6) is 0 Å². The molecule has 1 unspecified atom stereocenters. The summed E-state index contributed by atoms with van der Waals surface area (Å²) in [4.78, 5) is 19.3. The van der Waals surface area contributed by atoms with E-state index in [4.69, 9.17) is 19.0 Å². The lowest BCUT2D eigenvalue weighted by molar-refractivity contribution is -0.137. The minimum Gasteiger partial charge on any atom is -0.385 e. The zero-order valence-corrected chi connectivity index (χ0v) is 16.2. The molecule has 1 atom stereocenters. The van der Waals surface area contributed by atoms with Gasteiger partial charge in [-0.05, 0) is 32.1 Å². The van der Waals surface area contributed by atoms with Crippen LogP contribution in [0.15, 0.2) is 4.52 Å². The summed E-state index contributed by atoms with van der Waals surface area (Å²) in [5.41, 5.74) is -0.286. The molecular weight excluding hydrogens is 334 g/mol. The molecule has 0 aromatic carbocycles. The predicted molar refractivity (Wildman–Crippen MR) is 95.9 cm³/mol. The SMILES string of the molecule is COCCC1(c2noc(C3CCOCC3)n2)CCCN(C(=O)C(C)C)C1. The summed E-state index contributed by atoms with van der Waals surface area (Å²) in [6, 6.07) is 0. The van der Waals surface area contributed by atoms with Crippen LogP contribution >= 0.6 is 0 Å². The third kappa shape index (κ3) is 4.09. The van der Waals surface area contributed by atoms with Crippen molar-refractivity contribution in [1.82, 2.24) is 15.0 Å². The molecule has 26 heavy (non-hydrogen) atoms. The van der Waals surface area contributed by atoms with Gasteiger partial charge in [-0.3, -0.25) is 4.79 Å². The Morgan fingerprint density at radius 3 is 2.85 bits per heavy atom. The topological polar surface area (TPSA) is 77.7 Å². The molecule has 3 heterocycles. The van der Waals surface area contributed by atoms with Crippen molar-refractivity contribution in [3.05, 3.63) is 11.7 Å². The Bertz CT molecular complexity index is 597. The van der Waals surface area contributed by atoms with Crippen LogP contribution < -0.4 is 0 Å². The van der Waals surface area contributed by atoms with Gasteiger partial charge in [0, 0.05) is 51.9 Å². The largest absolute Gasteiger partial charge is 0.385 e. The first-order valence-corrected chi connectivity index (χ1v) is 9.75. The van der Waals surface area contributed by atoms with Crippen molar-refractivity contribution in [2.24, 2.45) is 5.92 Å². The fourth-order valence-corrected chi connectivity index (χ4v) is 4.04. The van der Waals surface area contributed by atoms with Gasteiger partial charge in [0.05, 0.1) is 5.41 Å². The van der Waals surface area contributed by atoms with E-state index in [0.717, 1.165) is 57.7 Å². The lowest BCUT2D eigenvalue weighted by Crippen LogP contribution is -2.50. The number of aromatic nitrogens is 2. The Hall–Kier alpha value is -1.47. The van der Waals surface area contributed by atoms with E-state index in [9.17, 15) is 4.79 Å². The highest BCUT2D eigenvalue weighted by molar-refractivity contribution is 5.78. The summed E-state index contributed by atoms with van der Waals surface area (Å²) in [6.07, 6.45) is 4.53. The smallest absolute Gasteiger partial charge is 0.229 e. The van der Waals surface area contributed by atoms with Crippen LogP contribution in [0.4, 0.5) is 0 Å². The van der Waals surface area contributed by atoms with E-state index in [1.807, 2.05) is 18.7 Å². The maximum absolute atomic E-state index is 12.6. The van der Waals surface area contributed by atoms with Crippen molar-refractivity contribution in [1.29, 1.82) is 0 Å². The van der Waals surface area contributed by atoms with Crippen LogP contribution in [-0.2, 0) is 19.7 Å². The number of methoxy groups -OCH3 is 1. The summed E-state index contributed by atoms with van der Waals surface area (Å²) in [5, 5.41) is 4.36. The number of rotatable bonds is 6. The zero-order valence-electron chi connectivity index (χ0n) is 16.2. The third-order valence-corrected chi connectivity index (χ3v) is 5.65. The molecule has 1 aromatic rings. The molecule has 2 aliphatic rings. The number of carbonyl (C=O) groups is 1. The van der Waals surface area contributed by atoms with E-state index < -0.39 is 0 Å². The second-order valence-corrected chi connectivity index (χ2v) is 7.88. The molecular formula is C19H31N3O4. The third-order valence-electron chi connectivity index (χ3n) is 5.65. The normalized spacial score (nSPS) is 25.0. The molecule has 1 amide bonds. The molecule has 7 nitrogen and oxygen atoms in total. The summed E-state index contributed by atoms with van der Waals surface area (Å²) in [6.45, 7) is 7.44. The molecule has 0 N–H and O–H groups in total. The molecule has 0 radical (unpaired) electrons. The molecule has 2 fully saturated rings. The van der Waals surface area contributed by atoms with Crippen molar-refractivity contribution >= 4 is 5.91 Å². The monoisotopic (exact) mass is 365 g/mol. The molecule has 0 spiro atoms. The first-order chi connectivity index (χ1) is 12.6. The molecule has 0 aliphatic carbocycles. The fraction of sp³-hybridized carbons (Fsp3) is 0.842. The second-order valence-electron chi connectivity index (χ2n) is 7.88. The van der Waals surface area contributed by atoms with Gasteiger partial charge in [-0.15, -0.1) is 0 Å². The maximum atomic E-state index is 12.6. The van der Waals surface area contributed by atoms with E-state index >= 15 is 0 Å². The number of ether oxygens (including phenoxy) is 2. The average Bonchev–Trinajstić information content (AvgIpc) is 3.17. The van der Waals surface area contributed by atoms with Gasteiger partial charge in [0.1, 0.15) is 0 Å². The minimum atomic E-state index is -0.286. The average molecular weight is 365 g/mol. The molecule has 3 rings (SSSR count). The van der Waals surface area contributed by atoms with E-state index in [1.165, 1.54) is 0 Å². The van der Waals surface area contributed by atoms with Crippen molar-refractivity contribution in [2.45, 2.75) is 57.3 Å². The lowest BCUT2D eigenvalue weighted by atomic mass is 9.76. The molecule has 0 bridgehead atoms. The van der Waals surface area contributed by atoms with Gasteiger partial charge in [0.25, 0.3) is 0 Å². The Morgan fingerprint density at radius 2 is 2.15 bits per heavy atom. The lowest BCUT2D eigenvalue weighted by Gasteiger charge is -2.41. The number of piperidine rings is 1. The van der Waals surface area contributed by atoms with Gasteiger partial charge < -0.3 is 18.9 Å². The first kappa shape index (κ1) is 19.3. The Labute approximate surface area is 155 Å². The Kier molecular flexibility index (Phi) is 6.29. The van der Waals surface area contributed by atoms with Crippen LogP contribution in [0.25, 0.3) is 0 Å². The highest BCUT2D eigenvalue weighted by Crippen LogP contribution is 2.37. The van der Waals surface area contributed by atoms with E-state index in [2.05, 4.69) is 5.16 Å². The van der Waals surface area contributed by atoms with Gasteiger partial charge in [0.15, 0.2) is 5.82 Å². The van der Waals surface area contributed by atoms with Crippen LogP contribution in [0.1, 0.15) is 63.6 Å². The van der Waals surface area contributed by atoms with Gasteiger partial charge in [-0.1, -0.05) is 19.0 Å². The van der Waals surface area contributed by atoms with Crippen LogP contribution in [0.2, 0.25) is 0 Å². The summed E-state index contributed by atoms with van der Waals surface area (Å²) in [5.74, 6) is 1.92.